The first-order valence-electron chi connectivity index (χ1n) is 7.18. The molecule has 1 aromatic rings. The summed E-state index contributed by atoms with van der Waals surface area (Å²) in [6.07, 6.45) is 3.87. The van der Waals surface area contributed by atoms with Gasteiger partial charge >= 0.3 is 0 Å². The summed E-state index contributed by atoms with van der Waals surface area (Å²) in [5.74, 6) is 0. The quantitative estimate of drug-likeness (QED) is 0.887. The van der Waals surface area contributed by atoms with Crippen LogP contribution in [0.5, 0.6) is 0 Å². The van der Waals surface area contributed by atoms with Crippen LogP contribution in [-0.2, 0) is 0 Å². The van der Waals surface area contributed by atoms with Crippen molar-refractivity contribution >= 4 is 0 Å². The highest BCUT2D eigenvalue weighted by molar-refractivity contribution is 5.28. The second-order valence-electron chi connectivity index (χ2n) is 5.69. The monoisotopic (exact) mass is 246 g/mol. The lowest BCUT2D eigenvalue weighted by Crippen LogP contribution is -2.50. The summed E-state index contributed by atoms with van der Waals surface area (Å²) in [7, 11) is 0. The molecule has 100 valence electrons. The SMILES string of the molecule is Cc1ccccc1C(C)N1CCCCC1C(C)N. The summed E-state index contributed by atoms with van der Waals surface area (Å²) in [4.78, 5) is 2.61. The molecule has 1 saturated heterocycles. The Morgan fingerprint density at radius 3 is 2.61 bits per heavy atom. The number of hydrogen-bond donors (Lipinski definition) is 1. The molecule has 2 rings (SSSR count). The molecule has 1 heterocycles. The highest BCUT2D eigenvalue weighted by Crippen LogP contribution is 2.30. The van der Waals surface area contributed by atoms with E-state index >= 15 is 0 Å². The Labute approximate surface area is 111 Å². The van der Waals surface area contributed by atoms with Crippen molar-refractivity contribution in [1.29, 1.82) is 0 Å². The Morgan fingerprint density at radius 2 is 1.94 bits per heavy atom. The number of aryl methyl sites for hydroxylation is 1. The number of benzene rings is 1. The molecule has 2 heteroatoms. The van der Waals surface area contributed by atoms with Gasteiger partial charge in [0.05, 0.1) is 0 Å². The molecule has 1 fully saturated rings. The molecule has 0 bridgehead atoms. The molecule has 0 saturated carbocycles. The predicted octanol–water partition coefficient (Wildman–Crippen LogP) is 3.26. The summed E-state index contributed by atoms with van der Waals surface area (Å²) >= 11 is 0. The van der Waals surface area contributed by atoms with Crippen LogP contribution in [0.25, 0.3) is 0 Å². The minimum atomic E-state index is 0.261. The van der Waals surface area contributed by atoms with Gasteiger partial charge in [-0.3, -0.25) is 4.90 Å². The smallest absolute Gasteiger partial charge is 0.0326 e. The molecule has 2 nitrogen and oxygen atoms in total. The van der Waals surface area contributed by atoms with Crippen molar-refractivity contribution in [3.8, 4) is 0 Å². The lowest BCUT2D eigenvalue weighted by atomic mass is 9.92. The van der Waals surface area contributed by atoms with E-state index in [4.69, 9.17) is 5.73 Å². The molecule has 18 heavy (non-hydrogen) atoms. The van der Waals surface area contributed by atoms with Crippen molar-refractivity contribution in [1.82, 2.24) is 4.90 Å². The second kappa shape index (κ2) is 5.85. The Hall–Kier alpha value is -0.860. The van der Waals surface area contributed by atoms with Crippen molar-refractivity contribution in [2.24, 2.45) is 5.73 Å². The maximum atomic E-state index is 6.17. The summed E-state index contributed by atoms with van der Waals surface area (Å²) in [5.41, 5.74) is 9.01. The van der Waals surface area contributed by atoms with Gasteiger partial charge in [0, 0.05) is 18.1 Å². The van der Waals surface area contributed by atoms with Crippen molar-refractivity contribution < 1.29 is 0 Å². The Morgan fingerprint density at radius 1 is 1.22 bits per heavy atom. The number of piperidine rings is 1. The van der Waals surface area contributed by atoms with Crippen LogP contribution in [-0.4, -0.2) is 23.5 Å². The van der Waals surface area contributed by atoms with Crippen LogP contribution in [0.1, 0.15) is 50.3 Å². The van der Waals surface area contributed by atoms with Gasteiger partial charge in [-0.1, -0.05) is 30.7 Å². The number of hydrogen-bond acceptors (Lipinski definition) is 2. The topological polar surface area (TPSA) is 29.3 Å². The van der Waals surface area contributed by atoms with Gasteiger partial charge in [0.2, 0.25) is 0 Å². The number of likely N-dealkylation sites (tertiary alicyclic amines) is 1. The van der Waals surface area contributed by atoms with E-state index in [1.54, 1.807) is 0 Å². The first kappa shape index (κ1) is 13.6. The van der Waals surface area contributed by atoms with Gasteiger partial charge in [0.15, 0.2) is 0 Å². The van der Waals surface area contributed by atoms with Crippen LogP contribution in [0.4, 0.5) is 0 Å². The molecule has 0 aromatic heterocycles. The van der Waals surface area contributed by atoms with Gasteiger partial charge in [0.1, 0.15) is 0 Å². The normalized spacial score (nSPS) is 24.8. The van der Waals surface area contributed by atoms with Crippen LogP contribution in [0.15, 0.2) is 24.3 Å². The number of nitrogens with zero attached hydrogens (tertiary/aromatic N) is 1. The van der Waals surface area contributed by atoms with E-state index in [1.807, 2.05) is 0 Å². The molecule has 1 aliphatic heterocycles. The number of nitrogens with two attached hydrogens (primary N) is 1. The predicted molar refractivity (Wildman–Crippen MR) is 77.6 cm³/mol. The van der Waals surface area contributed by atoms with Crippen LogP contribution in [0, 0.1) is 6.92 Å². The Kier molecular flexibility index (Phi) is 4.41. The van der Waals surface area contributed by atoms with Crippen LogP contribution in [0.3, 0.4) is 0 Å². The molecule has 0 radical (unpaired) electrons. The maximum Gasteiger partial charge on any atom is 0.0326 e. The molecule has 3 unspecified atom stereocenters. The van der Waals surface area contributed by atoms with E-state index in [1.165, 1.54) is 36.9 Å². The molecule has 1 aromatic carbocycles. The average Bonchev–Trinajstić information content (AvgIpc) is 2.38. The zero-order valence-electron chi connectivity index (χ0n) is 11.9. The minimum Gasteiger partial charge on any atom is -0.327 e. The van der Waals surface area contributed by atoms with Crippen LogP contribution in [0.2, 0.25) is 0 Å². The summed E-state index contributed by atoms with van der Waals surface area (Å²) < 4.78 is 0. The minimum absolute atomic E-state index is 0.261. The van der Waals surface area contributed by atoms with E-state index in [9.17, 15) is 0 Å². The Bertz CT molecular complexity index is 386. The third-order valence-electron chi connectivity index (χ3n) is 4.34. The lowest BCUT2D eigenvalue weighted by Gasteiger charge is -2.42. The number of rotatable bonds is 3. The van der Waals surface area contributed by atoms with E-state index in [0.717, 1.165) is 0 Å². The van der Waals surface area contributed by atoms with Gasteiger partial charge in [-0.2, -0.15) is 0 Å². The largest absolute Gasteiger partial charge is 0.327 e. The second-order valence-corrected chi connectivity index (χ2v) is 5.69. The highest BCUT2D eigenvalue weighted by atomic mass is 15.2. The van der Waals surface area contributed by atoms with Crippen molar-refractivity contribution in [3.63, 3.8) is 0 Å². The molecule has 0 spiro atoms. The Balaban J connectivity index is 2.21. The zero-order valence-corrected chi connectivity index (χ0v) is 11.9. The first-order chi connectivity index (χ1) is 8.61. The third-order valence-corrected chi connectivity index (χ3v) is 4.34. The summed E-state index contributed by atoms with van der Waals surface area (Å²) in [6, 6.07) is 9.99. The van der Waals surface area contributed by atoms with Crippen LogP contribution < -0.4 is 5.73 Å². The summed E-state index contributed by atoms with van der Waals surface area (Å²) in [6.45, 7) is 7.86. The van der Waals surface area contributed by atoms with E-state index < -0.39 is 0 Å². The molecule has 0 aliphatic carbocycles. The maximum absolute atomic E-state index is 6.17. The first-order valence-corrected chi connectivity index (χ1v) is 7.18. The fourth-order valence-corrected chi connectivity index (χ4v) is 3.26. The molecular formula is C16H26N2. The molecule has 2 N–H and O–H groups in total. The summed E-state index contributed by atoms with van der Waals surface area (Å²) in [5, 5.41) is 0. The van der Waals surface area contributed by atoms with Gasteiger partial charge in [-0.05, 0) is 51.3 Å². The van der Waals surface area contributed by atoms with Gasteiger partial charge < -0.3 is 5.73 Å². The standard InChI is InChI=1S/C16H26N2/c1-12-8-4-5-9-15(12)14(3)18-11-7-6-10-16(18)13(2)17/h4-5,8-9,13-14,16H,6-7,10-11,17H2,1-3H3. The highest BCUT2D eigenvalue weighted by Gasteiger charge is 2.29. The van der Waals surface area contributed by atoms with Crippen molar-refractivity contribution in [3.05, 3.63) is 35.4 Å². The molecule has 1 aliphatic rings. The van der Waals surface area contributed by atoms with Gasteiger partial charge in [-0.15, -0.1) is 0 Å². The fraction of sp³-hybridized carbons (Fsp3) is 0.625. The lowest BCUT2D eigenvalue weighted by molar-refractivity contribution is 0.0887. The van der Waals surface area contributed by atoms with E-state index in [-0.39, 0.29) is 6.04 Å². The van der Waals surface area contributed by atoms with Gasteiger partial charge in [0.25, 0.3) is 0 Å². The molecule has 0 amide bonds. The molecule has 3 atom stereocenters. The van der Waals surface area contributed by atoms with Crippen molar-refractivity contribution in [2.45, 2.75) is 58.2 Å². The van der Waals surface area contributed by atoms with Gasteiger partial charge in [-0.25, -0.2) is 0 Å². The average molecular weight is 246 g/mol. The van der Waals surface area contributed by atoms with Crippen molar-refractivity contribution in [2.75, 3.05) is 6.54 Å². The zero-order chi connectivity index (χ0) is 13.1. The fourth-order valence-electron chi connectivity index (χ4n) is 3.26. The third kappa shape index (κ3) is 2.76. The molecular weight excluding hydrogens is 220 g/mol. The van der Waals surface area contributed by atoms with E-state index in [2.05, 4.69) is 49.9 Å². The van der Waals surface area contributed by atoms with E-state index in [0.29, 0.717) is 12.1 Å². The van der Waals surface area contributed by atoms with Crippen LogP contribution >= 0.6 is 0 Å².